The third-order valence-corrected chi connectivity index (χ3v) is 5.19. The molecule has 1 aliphatic carbocycles. The van der Waals surface area contributed by atoms with Gasteiger partial charge in [0.2, 0.25) is 0 Å². The number of halogens is 1. The van der Waals surface area contributed by atoms with Crippen LogP contribution in [0, 0.1) is 5.41 Å². The first-order chi connectivity index (χ1) is 8.57. The number of fused-ring (bicyclic) bond motifs is 1. The molecule has 0 radical (unpaired) electrons. The SMILES string of the molecule is CC1(C)C(Cl)CC1NCC1Cc2ccccc2O1. The predicted molar refractivity (Wildman–Crippen MR) is 74.4 cm³/mol. The molecule has 0 bridgehead atoms. The number of hydrogen-bond acceptors (Lipinski definition) is 2. The number of hydrogen-bond donors (Lipinski definition) is 1. The van der Waals surface area contributed by atoms with Crippen molar-refractivity contribution < 1.29 is 4.74 Å². The molecule has 1 aromatic carbocycles. The first-order valence-corrected chi connectivity index (χ1v) is 7.13. The van der Waals surface area contributed by atoms with E-state index < -0.39 is 0 Å². The lowest BCUT2D eigenvalue weighted by atomic mass is 9.67. The van der Waals surface area contributed by atoms with E-state index in [-0.39, 0.29) is 11.5 Å². The van der Waals surface area contributed by atoms with E-state index >= 15 is 0 Å². The van der Waals surface area contributed by atoms with E-state index in [0.29, 0.717) is 11.4 Å². The molecule has 1 saturated carbocycles. The molecule has 98 valence electrons. The van der Waals surface area contributed by atoms with Crippen LogP contribution >= 0.6 is 11.6 Å². The summed E-state index contributed by atoms with van der Waals surface area (Å²) in [7, 11) is 0. The van der Waals surface area contributed by atoms with Gasteiger partial charge in [-0.2, -0.15) is 0 Å². The first-order valence-electron chi connectivity index (χ1n) is 6.69. The molecule has 18 heavy (non-hydrogen) atoms. The lowest BCUT2D eigenvalue weighted by Gasteiger charge is -2.49. The van der Waals surface area contributed by atoms with Crippen LogP contribution in [0.2, 0.25) is 0 Å². The quantitative estimate of drug-likeness (QED) is 0.849. The molecular formula is C15H20ClNO. The third kappa shape index (κ3) is 2.02. The largest absolute Gasteiger partial charge is 0.488 e. The Bertz CT molecular complexity index is 421. The maximum absolute atomic E-state index is 6.23. The number of ether oxygens (including phenoxy) is 1. The van der Waals surface area contributed by atoms with Gasteiger partial charge in [0.1, 0.15) is 11.9 Å². The highest BCUT2D eigenvalue weighted by atomic mass is 35.5. The maximum Gasteiger partial charge on any atom is 0.123 e. The Labute approximate surface area is 114 Å². The van der Waals surface area contributed by atoms with E-state index in [2.05, 4.69) is 37.4 Å². The van der Waals surface area contributed by atoms with Crippen molar-refractivity contribution in [2.24, 2.45) is 5.41 Å². The van der Waals surface area contributed by atoms with Crippen LogP contribution in [-0.4, -0.2) is 24.1 Å². The van der Waals surface area contributed by atoms with E-state index in [0.717, 1.165) is 25.1 Å². The highest BCUT2D eigenvalue weighted by Crippen LogP contribution is 2.44. The number of nitrogens with one attached hydrogen (secondary N) is 1. The average Bonchev–Trinajstić information content (AvgIpc) is 2.76. The van der Waals surface area contributed by atoms with Gasteiger partial charge in [0.05, 0.1) is 0 Å². The minimum atomic E-state index is 0.201. The van der Waals surface area contributed by atoms with Crippen molar-refractivity contribution in [3.63, 3.8) is 0 Å². The molecule has 3 atom stereocenters. The van der Waals surface area contributed by atoms with E-state index in [4.69, 9.17) is 16.3 Å². The molecule has 3 rings (SSSR count). The Morgan fingerprint density at radius 1 is 1.39 bits per heavy atom. The molecule has 0 saturated heterocycles. The Morgan fingerprint density at radius 3 is 2.83 bits per heavy atom. The molecule has 2 aliphatic rings. The Morgan fingerprint density at radius 2 is 2.17 bits per heavy atom. The second-order valence-corrected chi connectivity index (χ2v) is 6.56. The topological polar surface area (TPSA) is 21.3 Å². The molecule has 1 aliphatic heterocycles. The van der Waals surface area contributed by atoms with Crippen LogP contribution in [0.4, 0.5) is 0 Å². The normalized spacial score (nSPS) is 32.5. The van der Waals surface area contributed by atoms with Crippen molar-refractivity contribution in [2.75, 3.05) is 6.54 Å². The highest BCUT2D eigenvalue weighted by molar-refractivity contribution is 6.21. The summed E-state index contributed by atoms with van der Waals surface area (Å²) < 4.78 is 5.93. The van der Waals surface area contributed by atoms with Crippen molar-refractivity contribution in [3.8, 4) is 5.75 Å². The standard InChI is InChI=1S/C15H20ClNO/c1-15(2)13(16)8-14(15)17-9-11-7-10-5-3-4-6-12(10)18-11/h3-6,11,13-14,17H,7-9H2,1-2H3. The van der Waals surface area contributed by atoms with Gasteiger partial charge in [0, 0.05) is 24.4 Å². The monoisotopic (exact) mass is 265 g/mol. The van der Waals surface area contributed by atoms with Gasteiger partial charge in [0.15, 0.2) is 0 Å². The third-order valence-electron chi connectivity index (χ3n) is 4.45. The zero-order valence-corrected chi connectivity index (χ0v) is 11.7. The summed E-state index contributed by atoms with van der Waals surface area (Å²) in [6.45, 7) is 5.37. The van der Waals surface area contributed by atoms with Crippen LogP contribution < -0.4 is 10.1 Å². The zero-order chi connectivity index (χ0) is 12.8. The van der Waals surface area contributed by atoms with Crippen LogP contribution in [0.15, 0.2) is 24.3 Å². The minimum absolute atomic E-state index is 0.201. The molecule has 0 spiro atoms. The Kier molecular flexibility index (Phi) is 3.03. The number of benzene rings is 1. The molecule has 0 amide bonds. The van der Waals surface area contributed by atoms with Crippen molar-refractivity contribution in [3.05, 3.63) is 29.8 Å². The molecule has 2 nitrogen and oxygen atoms in total. The molecule has 1 N–H and O–H groups in total. The van der Waals surface area contributed by atoms with Crippen LogP contribution in [0.5, 0.6) is 5.75 Å². The summed E-state index contributed by atoms with van der Waals surface area (Å²) in [6.07, 6.45) is 2.35. The Balaban J connectivity index is 1.52. The molecular weight excluding hydrogens is 246 g/mol. The summed E-state index contributed by atoms with van der Waals surface area (Å²) in [5.41, 5.74) is 1.53. The summed E-state index contributed by atoms with van der Waals surface area (Å²) in [5.74, 6) is 1.05. The van der Waals surface area contributed by atoms with Crippen LogP contribution in [0.3, 0.4) is 0 Å². The fraction of sp³-hybridized carbons (Fsp3) is 0.600. The summed E-state index contributed by atoms with van der Waals surface area (Å²) in [6, 6.07) is 8.83. The lowest BCUT2D eigenvalue weighted by molar-refractivity contribution is 0.103. The number of para-hydroxylation sites is 1. The van der Waals surface area contributed by atoms with Gasteiger partial charge in [0.25, 0.3) is 0 Å². The van der Waals surface area contributed by atoms with Gasteiger partial charge in [-0.15, -0.1) is 11.6 Å². The predicted octanol–water partition coefficient (Wildman–Crippen LogP) is 2.99. The number of alkyl halides is 1. The Hall–Kier alpha value is -0.730. The molecule has 3 heteroatoms. The van der Waals surface area contributed by atoms with Crippen LogP contribution in [0.1, 0.15) is 25.8 Å². The summed E-state index contributed by atoms with van der Waals surface area (Å²) in [5, 5.41) is 3.91. The molecule has 3 unspecified atom stereocenters. The van der Waals surface area contributed by atoms with Crippen molar-refractivity contribution in [2.45, 2.75) is 44.2 Å². The summed E-state index contributed by atoms with van der Waals surface area (Å²) in [4.78, 5) is 0. The molecule has 1 fully saturated rings. The smallest absolute Gasteiger partial charge is 0.123 e. The average molecular weight is 266 g/mol. The van der Waals surface area contributed by atoms with Crippen LogP contribution in [0.25, 0.3) is 0 Å². The van der Waals surface area contributed by atoms with Gasteiger partial charge < -0.3 is 10.1 Å². The van der Waals surface area contributed by atoms with Crippen molar-refractivity contribution in [1.29, 1.82) is 0 Å². The van der Waals surface area contributed by atoms with Crippen LogP contribution in [-0.2, 0) is 6.42 Å². The fourth-order valence-corrected chi connectivity index (χ4v) is 3.19. The molecule has 0 aromatic heterocycles. The lowest BCUT2D eigenvalue weighted by Crippen LogP contribution is -2.59. The molecule has 1 aromatic rings. The van der Waals surface area contributed by atoms with Crippen molar-refractivity contribution in [1.82, 2.24) is 5.32 Å². The number of rotatable bonds is 3. The van der Waals surface area contributed by atoms with E-state index in [9.17, 15) is 0 Å². The van der Waals surface area contributed by atoms with Gasteiger partial charge in [-0.1, -0.05) is 32.0 Å². The highest BCUT2D eigenvalue weighted by Gasteiger charge is 2.47. The van der Waals surface area contributed by atoms with Crippen molar-refractivity contribution >= 4 is 11.6 Å². The maximum atomic E-state index is 6.23. The van der Waals surface area contributed by atoms with E-state index in [1.165, 1.54) is 5.56 Å². The van der Waals surface area contributed by atoms with E-state index in [1.807, 2.05) is 6.07 Å². The van der Waals surface area contributed by atoms with Gasteiger partial charge in [-0.3, -0.25) is 0 Å². The first kappa shape index (κ1) is 12.3. The van der Waals surface area contributed by atoms with Gasteiger partial charge in [-0.05, 0) is 23.5 Å². The second kappa shape index (κ2) is 4.43. The second-order valence-electron chi connectivity index (χ2n) is 6.04. The fourth-order valence-electron chi connectivity index (χ4n) is 2.86. The van der Waals surface area contributed by atoms with E-state index in [1.54, 1.807) is 0 Å². The zero-order valence-electron chi connectivity index (χ0n) is 10.9. The molecule has 1 heterocycles. The van der Waals surface area contributed by atoms with Gasteiger partial charge in [-0.25, -0.2) is 0 Å². The van der Waals surface area contributed by atoms with Gasteiger partial charge >= 0.3 is 0 Å². The summed E-state index contributed by atoms with van der Waals surface area (Å²) >= 11 is 6.23. The minimum Gasteiger partial charge on any atom is -0.488 e.